The number of rotatable bonds is 1. The van der Waals surface area contributed by atoms with Crippen molar-refractivity contribution in [2.45, 2.75) is 24.8 Å². The molecule has 0 aromatic heterocycles. The third-order valence-corrected chi connectivity index (χ3v) is 4.46. The lowest BCUT2D eigenvalue weighted by atomic mass is 10.00. The molecule has 0 aromatic carbocycles. The highest BCUT2D eigenvalue weighted by Gasteiger charge is 2.25. The van der Waals surface area contributed by atoms with Crippen molar-refractivity contribution in [2.24, 2.45) is 0 Å². The molecule has 1 rings (SSSR count). The normalized spacial score (nSPS) is 22.7. The number of hydrogen-bond donors (Lipinski definition) is 0. The summed E-state index contributed by atoms with van der Waals surface area (Å²) in [6.45, 7) is 0. The predicted octanol–water partition coefficient (Wildman–Crippen LogP) is 2.51. The number of halogens is 2. The number of hydrogen-bond acceptors (Lipinski definition) is 0. The van der Waals surface area contributed by atoms with Crippen LogP contribution in [-0.4, -0.2) is 7.42 Å². The molecule has 0 bridgehead atoms. The van der Waals surface area contributed by atoms with Crippen LogP contribution in [0.25, 0.3) is 0 Å². The van der Waals surface area contributed by atoms with Crippen LogP contribution in [0.2, 0.25) is 5.54 Å². The monoisotopic (exact) mass is 153 g/mol. The Morgan fingerprint density at radius 2 is 1.86 bits per heavy atom. The van der Waals surface area contributed by atoms with E-state index in [1.54, 1.807) is 0 Å². The largest absolute Gasteiger partial charge is 0.277 e. The Balaban J connectivity index is 2.14. The molecule has 0 heterocycles. The summed E-state index contributed by atoms with van der Waals surface area (Å²) in [5, 5.41) is 0. The third kappa shape index (κ3) is 1.34. The molecule has 0 spiro atoms. The van der Waals surface area contributed by atoms with Crippen molar-refractivity contribution < 1.29 is 0 Å². The lowest BCUT2D eigenvalue weighted by Gasteiger charge is -2.24. The zero-order valence-electron chi connectivity index (χ0n) is 3.95. The van der Waals surface area contributed by atoms with Crippen LogP contribution in [0.4, 0.5) is 0 Å². The molecule has 0 amide bonds. The van der Waals surface area contributed by atoms with Crippen LogP contribution in [-0.2, 0) is 0 Å². The summed E-state index contributed by atoms with van der Waals surface area (Å²) in [6, 6.07) is 0. The average Bonchev–Trinajstić information content (AvgIpc) is 1.23. The lowest BCUT2D eigenvalue weighted by Crippen LogP contribution is -2.14. The first-order chi connectivity index (χ1) is 3.30. The summed E-state index contributed by atoms with van der Waals surface area (Å²) in [5.74, 6) is 0. The molecule has 3 heteroatoms. The van der Waals surface area contributed by atoms with Crippen molar-refractivity contribution in [3.05, 3.63) is 0 Å². The zero-order valence-corrected chi connectivity index (χ0v) is 6.47. The highest BCUT2D eigenvalue weighted by atomic mass is 35.7. The van der Waals surface area contributed by atoms with E-state index in [9.17, 15) is 0 Å². The first kappa shape index (κ1) is 5.93. The molecule has 41 valence electrons. The van der Waals surface area contributed by atoms with Crippen LogP contribution >= 0.6 is 22.2 Å². The van der Waals surface area contributed by atoms with Crippen LogP contribution in [0.5, 0.6) is 0 Å². The molecule has 1 radical (unpaired) electrons. The molecule has 0 unspecified atom stereocenters. The second kappa shape index (κ2) is 2.38. The summed E-state index contributed by atoms with van der Waals surface area (Å²) < 4.78 is 0. The van der Waals surface area contributed by atoms with Gasteiger partial charge in [-0.25, -0.2) is 0 Å². The van der Waals surface area contributed by atoms with Crippen molar-refractivity contribution in [1.82, 2.24) is 0 Å². The maximum atomic E-state index is 5.65. The molecule has 1 aliphatic carbocycles. The summed E-state index contributed by atoms with van der Waals surface area (Å²) in [7, 11) is -0.932. The standard InChI is InChI=1S/C4H7Cl2Si/c5-7(6)4-2-1-3-4/h4H,1-3H2. The van der Waals surface area contributed by atoms with Gasteiger partial charge in [-0.3, -0.25) is 0 Å². The van der Waals surface area contributed by atoms with Gasteiger partial charge in [0.15, 0.2) is 0 Å². The van der Waals surface area contributed by atoms with E-state index in [0.717, 1.165) is 0 Å². The SMILES string of the molecule is Cl[Si](Cl)C1CCC1. The second-order valence-corrected chi connectivity index (χ2v) is 6.34. The molecular formula is C4H7Cl2Si. The second-order valence-electron chi connectivity index (χ2n) is 1.92. The lowest BCUT2D eigenvalue weighted by molar-refractivity contribution is 0.500. The molecule has 1 fully saturated rings. The van der Waals surface area contributed by atoms with Gasteiger partial charge < -0.3 is 0 Å². The van der Waals surface area contributed by atoms with Crippen LogP contribution < -0.4 is 0 Å². The van der Waals surface area contributed by atoms with E-state index in [1.807, 2.05) is 0 Å². The molecule has 0 N–H and O–H groups in total. The summed E-state index contributed by atoms with van der Waals surface area (Å²) in [4.78, 5) is 0. The third-order valence-electron chi connectivity index (χ3n) is 1.41. The summed E-state index contributed by atoms with van der Waals surface area (Å²) >= 11 is 11.3. The van der Waals surface area contributed by atoms with Crippen molar-refractivity contribution in [3.63, 3.8) is 0 Å². The summed E-state index contributed by atoms with van der Waals surface area (Å²) in [5.41, 5.74) is 0.716. The predicted molar refractivity (Wildman–Crippen MR) is 35.1 cm³/mol. The molecule has 0 saturated heterocycles. The van der Waals surface area contributed by atoms with E-state index < -0.39 is 7.42 Å². The minimum absolute atomic E-state index is 0.716. The Labute approximate surface area is 54.8 Å². The van der Waals surface area contributed by atoms with Crippen LogP contribution in [0, 0.1) is 0 Å². The van der Waals surface area contributed by atoms with E-state index in [1.165, 1.54) is 19.3 Å². The Kier molecular flexibility index (Phi) is 2.01. The van der Waals surface area contributed by atoms with Crippen molar-refractivity contribution in [2.75, 3.05) is 0 Å². The first-order valence-electron chi connectivity index (χ1n) is 2.48. The highest BCUT2D eigenvalue weighted by molar-refractivity contribution is 7.34. The van der Waals surface area contributed by atoms with Gasteiger partial charge in [0.25, 0.3) is 7.42 Å². The molecular weight excluding hydrogens is 147 g/mol. The molecule has 7 heavy (non-hydrogen) atoms. The van der Waals surface area contributed by atoms with E-state index in [0.29, 0.717) is 5.54 Å². The van der Waals surface area contributed by atoms with Gasteiger partial charge in [0, 0.05) is 0 Å². The van der Waals surface area contributed by atoms with Gasteiger partial charge in [0.2, 0.25) is 0 Å². The van der Waals surface area contributed by atoms with Crippen LogP contribution in [0.15, 0.2) is 0 Å². The van der Waals surface area contributed by atoms with E-state index >= 15 is 0 Å². The van der Waals surface area contributed by atoms with Crippen LogP contribution in [0.1, 0.15) is 19.3 Å². The van der Waals surface area contributed by atoms with Crippen molar-refractivity contribution >= 4 is 29.6 Å². The fraction of sp³-hybridized carbons (Fsp3) is 1.00. The van der Waals surface area contributed by atoms with E-state index in [4.69, 9.17) is 22.2 Å². The zero-order chi connectivity index (χ0) is 5.28. The van der Waals surface area contributed by atoms with Crippen molar-refractivity contribution in [1.29, 1.82) is 0 Å². The average molecular weight is 154 g/mol. The summed E-state index contributed by atoms with van der Waals surface area (Å²) in [6.07, 6.45) is 3.90. The quantitative estimate of drug-likeness (QED) is 0.402. The maximum absolute atomic E-state index is 5.65. The maximum Gasteiger partial charge on any atom is 0.277 e. The Morgan fingerprint density at radius 1 is 1.29 bits per heavy atom. The highest BCUT2D eigenvalue weighted by Crippen LogP contribution is 2.37. The van der Waals surface area contributed by atoms with Crippen molar-refractivity contribution in [3.8, 4) is 0 Å². The van der Waals surface area contributed by atoms with Gasteiger partial charge in [-0.15, -0.1) is 22.2 Å². The molecule has 0 aromatic rings. The van der Waals surface area contributed by atoms with Gasteiger partial charge in [-0.2, -0.15) is 0 Å². The first-order valence-corrected chi connectivity index (χ1v) is 6.08. The molecule has 1 saturated carbocycles. The molecule has 1 aliphatic rings. The Morgan fingerprint density at radius 3 is 1.86 bits per heavy atom. The fourth-order valence-corrected chi connectivity index (χ4v) is 2.78. The topological polar surface area (TPSA) is 0 Å². The van der Waals surface area contributed by atoms with Gasteiger partial charge in [-0.1, -0.05) is 19.3 Å². The smallest absolute Gasteiger partial charge is 0.146 e. The Hall–Kier alpha value is 0.797. The molecule has 0 nitrogen and oxygen atoms in total. The van der Waals surface area contributed by atoms with Gasteiger partial charge in [0.05, 0.1) is 0 Å². The van der Waals surface area contributed by atoms with E-state index in [-0.39, 0.29) is 0 Å². The Bertz CT molecular complexity index is 60.7. The minimum Gasteiger partial charge on any atom is -0.146 e. The van der Waals surface area contributed by atoms with Gasteiger partial charge >= 0.3 is 0 Å². The minimum atomic E-state index is -0.932. The van der Waals surface area contributed by atoms with E-state index in [2.05, 4.69) is 0 Å². The molecule has 0 aliphatic heterocycles. The fourth-order valence-electron chi connectivity index (χ4n) is 0.626. The van der Waals surface area contributed by atoms with Crippen LogP contribution in [0.3, 0.4) is 0 Å². The van der Waals surface area contributed by atoms with Gasteiger partial charge in [0.1, 0.15) is 0 Å². The molecule has 0 atom stereocenters. The van der Waals surface area contributed by atoms with Gasteiger partial charge in [-0.05, 0) is 5.54 Å².